The van der Waals surface area contributed by atoms with E-state index in [0.717, 1.165) is 0 Å². The van der Waals surface area contributed by atoms with E-state index in [9.17, 15) is 18.3 Å². The maximum absolute atomic E-state index is 11.6. The zero-order valence-electron chi connectivity index (χ0n) is 9.02. The molecule has 0 aliphatic rings. The van der Waals surface area contributed by atoms with Gasteiger partial charge in [0.25, 0.3) is 0 Å². The van der Waals surface area contributed by atoms with Crippen LogP contribution in [0.5, 0.6) is 0 Å². The predicted octanol–water partition coefficient (Wildman–Crippen LogP) is 1.32. The zero-order chi connectivity index (χ0) is 11.9. The molecule has 0 heterocycles. The van der Waals surface area contributed by atoms with E-state index in [4.69, 9.17) is 0 Å². The molecular weight excluding hydrogens is 211 g/mol. The highest BCUT2D eigenvalue weighted by Crippen LogP contribution is 2.13. The summed E-state index contributed by atoms with van der Waals surface area (Å²) in [5.74, 6) is 0. The molecule has 0 radical (unpaired) electrons. The largest absolute Gasteiger partial charge is 0.411 e. The average Bonchev–Trinajstić information content (AvgIpc) is 1.98. The van der Waals surface area contributed by atoms with Crippen molar-refractivity contribution in [3.05, 3.63) is 0 Å². The molecule has 0 unspecified atom stereocenters. The summed E-state index contributed by atoms with van der Waals surface area (Å²) in [6.45, 7) is 3.07. The average molecular weight is 229 g/mol. The van der Waals surface area contributed by atoms with Gasteiger partial charge in [0.1, 0.15) is 6.61 Å². The Hall–Kier alpha value is -0.330. The van der Waals surface area contributed by atoms with Crippen LogP contribution in [0.15, 0.2) is 0 Å². The van der Waals surface area contributed by atoms with Gasteiger partial charge in [0.2, 0.25) is 0 Å². The van der Waals surface area contributed by atoms with Gasteiger partial charge in [0.05, 0.1) is 12.2 Å². The molecule has 0 amide bonds. The van der Waals surface area contributed by atoms with Crippen molar-refractivity contribution in [3.8, 4) is 0 Å². The van der Waals surface area contributed by atoms with Gasteiger partial charge >= 0.3 is 6.18 Å². The number of ether oxygens (including phenoxy) is 1. The molecule has 0 bridgehead atoms. The Bertz CT molecular complexity index is 148. The summed E-state index contributed by atoms with van der Waals surface area (Å²) in [7, 11) is 0. The molecule has 0 aromatic rings. The number of alkyl halides is 3. The Labute approximate surface area is 87.6 Å². The van der Waals surface area contributed by atoms with Gasteiger partial charge in [-0.3, -0.25) is 0 Å². The van der Waals surface area contributed by atoms with Crippen LogP contribution in [0, 0.1) is 0 Å². The molecule has 0 saturated carbocycles. The molecule has 0 fully saturated rings. The third-order valence-corrected chi connectivity index (χ3v) is 1.60. The standard InChI is InChI=1S/C9H18F3NO2/c1-8(2,14)3-4-13-5-6-15-7-9(10,11)12/h13-14H,3-7H2,1-2H3. The minimum atomic E-state index is -4.26. The predicted molar refractivity (Wildman–Crippen MR) is 50.7 cm³/mol. The van der Waals surface area contributed by atoms with E-state index >= 15 is 0 Å². The second-order valence-electron chi connectivity index (χ2n) is 3.98. The number of halogens is 3. The molecule has 0 saturated heterocycles. The van der Waals surface area contributed by atoms with Crippen molar-refractivity contribution in [2.75, 3.05) is 26.3 Å². The summed E-state index contributed by atoms with van der Waals surface area (Å²) in [4.78, 5) is 0. The van der Waals surface area contributed by atoms with E-state index in [0.29, 0.717) is 19.5 Å². The molecule has 0 atom stereocenters. The lowest BCUT2D eigenvalue weighted by Gasteiger charge is -2.17. The summed E-state index contributed by atoms with van der Waals surface area (Å²) in [5, 5.41) is 12.2. The molecule has 0 aliphatic carbocycles. The number of aliphatic hydroxyl groups is 1. The van der Waals surface area contributed by atoms with Crippen LogP contribution >= 0.6 is 0 Å². The molecule has 0 aromatic carbocycles. The molecule has 0 rings (SSSR count). The van der Waals surface area contributed by atoms with E-state index in [2.05, 4.69) is 10.1 Å². The van der Waals surface area contributed by atoms with Crippen molar-refractivity contribution in [1.82, 2.24) is 5.32 Å². The molecule has 0 aromatic heterocycles. The summed E-state index contributed by atoms with van der Waals surface area (Å²) in [6.07, 6.45) is -3.71. The first-order valence-corrected chi connectivity index (χ1v) is 4.78. The maximum atomic E-state index is 11.6. The van der Waals surface area contributed by atoms with Crippen molar-refractivity contribution in [2.45, 2.75) is 32.0 Å². The normalized spacial score (nSPS) is 13.2. The molecule has 6 heteroatoms. The quantitative estimate of drug-likeness (QED) is 0.647. The Morgan fingerprint density at radius 1 is 1.20 bits per heavy atom. The minimum absolute atomic E-state index is 0.0192. The lowest BCUT2D eigenvalue weighted by atomic mass is 10.1. The van der Waals surface area contributed by atoms with Crippen molar-refractivity contribution >= 4 is 0 Å². The van der Waals surface area contributed by atoms with Crippen LogP contribution in [-0.2, 0) is 4.74 Å². The fraction of sp³-hybridized carbons (Fsp3) is 1.00. The monoisotopic (exact) mass is 229 g/mol. The third kappa shape index (κ3) is 13.7. The molecular formula is C9H18F3NO2. The first-order chi connectivity index (χ1) is 6.71. The SMILES string of the molecule is CC(C)(O)CCNCCOCC(F)(F)F. The van der Waals surface area contributed by atoms with Gasteiger partial charge in [-0.05, 0) is 26.8 Å². The first-order valence-electron chi connectivity index (χ1n) is 4.78. The summed E-state index contributed by atoms with van der Waals surface area (Å²) < 4.78 is 39.2. The minimum Gasteiger partial charge on any atom is -0.390 e. The van der Waals surface area contributed by atoms with Gasteiger partial charge in [-0.1, -0.05) is 0 Å². The van der Waals surface area contributed by atoms with Gasteiger partial charge in [-0.2, -0.15) is 13.2 Å². The van der Waals surface area contributed by atoms with E-state index in [-0.39, 0.29) is 6.61 Å². The second-order valence-corrected chi connectivity index (χ2v) is 3.98. The molecule has 92 valence electrons. The number of hydrogen-bond acceptors (Lipinski definition) is 3. The van der Waals surface area contributed by atoms with Crippen molar-refractivity contribution in [1.29, 1.82) is 0 Å². The van der Waals surface area contributed by atoms with Crippen LogP contribution in [0.2, 0.25) is 0 Å². The number of hydrogen-bond donors (Lipinski definition) is 2. The van der Waals surface area contributed by atoms with E-state index in [1.165, 1.54) is 0 Å². The van der Waals surface area contributed by atoms with E-state index < -0.39 is 18.4 Å². The molecule has 0 aliphatic heterocycles. The fourth-order valence-corrected chi connectivity index (χ4v) is 0.852. The highest BCUT2D eigenvalue weighted by Gasteiger charge is 2.27. The van der Waals surface area contributed by atoms with Crippen molar-refractivity contribution in [2.24, 2.45) is 0 Å². The van der Waals surface area contributed by atoms with Gasteiger partial charge < -0.3 is 15.2 Å². The summed E-state index contributed by atoms with van der Waals surface area (Å²) >= 11 is 0. The summed E-state index contributed by atoms with van der Waals surface area (Å²) in [6, 6.07) is 0. The van der Waals surface area contributed by atoms with Gasteiger partial charge in [0, 0.05) is 6.54 Å². The number of nitrogens with one attached hydrogen (secondary N) is 1. The first kappa shape index (κ1) is 14.7. The third-order valence-electron chi connectivity index (χ3n) is 1.60. The molecule has 0 spiro atoms. The van der Waals surface area contributed by atoms with Crippen molar-refractivity contribution in [3.63, 3.8) is 0 Å². The van der Waals surface area contributed by atoms with Crippen LogP contribution in [0.1, 0.15) is 20.3 Å². The van der Waals surface area contributed by atoms with E-state index in [1.807, 2.05) is 0 Å². The molecule has 2 N–H and O–H groups in total. The molecule has 15 heavy (non-hydrogen) atoms. The van der Waals surface area contributed by atoms with Gasteiger partial charge in [-0.15, -0.1) is 0 Å². The van der Waals surface area contributed by atoms with Crippen LogP contribution in [-0.4, -0.2) is 43.2 Å². The smallest absolute Gasteiger partial charge is 0.390 e. The maximum Gasteiger partial charge on any atom is 0.411 e. The fourth-order valence-electron chi connectivity index (χ4n) is 0.852. The Kier molecular flexibility index (Phi) is 6.16. The topological polar surface area (TPSA) is 41.5 Å². The Morgan fingerprint density at radius 3 is 2.27 bits per heavy atom. The summed E-state index contributed by atoms with van der Waals surface area (Å²) in [5.41, 5.74) is -0.750. The van der Waals surface area contributed by atoms with Crippen LogP contribution in [0.25, 0.3) is 0 Å². The highest BCUT2D eigenvalue weighted by atomic mass is 19.4. The number of rotatable bonds is 7. The highest BCUT2D eigenvalue weighted by molar-refractivity contribution is 4.66. The lowest BCUT2D eigenvalue weighted by Crippen LogP contribution is -2.29. The van der Waals surface area contributed by atoms with Gasteiger partial charge in [0.15, 0.2) is 0 Å². The Morgan fingerprint density at radius 2 is 1.80 bits per heavy atom. The van der Waals surface area contributed by atoms with Crippen LogP contribution in [0.3, 0.4) is 0 Å². The van der Waals surface area contributed by atoms with Crippen molar-refractivity contribution < 1.29 is 23.0 Å². The van der Waals surface area contributed by atoms with Crippen LogP contribution < -0.4 is 5.32 Å². The van der Waals surface area contributed by atoms with E-state index in [1.54, 1.807) is 13.8 Å². The lowest BCUT2D eigenvalue weighted by molar-refractivity contribution is -0.173. The Balaban J connectivity index is 3.20. The van der Waals surface area contributed by atoms with Gasteiger partial charge in [-0.25, -0.2) is 0 Å². The second kappa shape index (κ2) is 6.30. The molecule has 3 nitrogen and oxygen atoms in total. The van der Waals surface area contributed by atoms with Crippen LogP contribution in [0.4, 0.5) is 13.2 Å². The zero-order valence-corrected chi connectivity index (χ0v) is 9.02.